The van der Waals surface area contributed by atoms with Gasteiger partial charge in [-0.05, 0) is 43.4 Å². The van der Waals surface area contributed by atoms with Crippen molar-refractivity contribution in [2.24, 2.45) is 7.05 Å². The number of fused-ring (bicyclic) bond motifs is 1. The Balaban J connectivity index is 1.64. The van der Waals surface area contributed by atoms with Crippen LogP contribution >= 0.6 is 11.8 Å². The zero-order chi connectivity index (χ0) is 16.5. The van der Waals surface area contributed by atoms with Crippen molar-refractivity contribution in [1.82, 2.24) is 9.78 Å². The molecule has 1 atom stereocenters. The molecular formula is C18H21N3O2S. The van der Waals surface area contributed by atoms with Gasteiger partial charge in [0.05, 0.1) is 23.3 Å². The summed E-state index contributed by atoms with van der Waals surface area (Å²) in [5.74, 6) is 2.17. The molecule has 0 spiro atoms. The molecule has 4 rings (SSSR count). The van der Waals surface area contributed by atoms with Crippen molar-refractivity contribution in [1.29, 1.82) is 0 Å². The number of aryl methyl sites for hydroxylation is 1. The Morgan fingerprint density at radius 1 is 1.33 bits per heavy atom. The summed E-state index contributed by atoms with van der Waals surface area (Å²) in [7, 11) is 1.85. The fourth-order valence-corrected chi connectivity index (χ4v) is 4.52. The monoisotopic (exact) mass is 343 g/mol. The number of anilines is 1. The summed E-state index contributed by atoms with van der Waals surface area (Å²) >= 11 is 1.63. The summed E-state index contributed by atoms with van der Waals surface area (Å²) in [4.78, 5) is 12.0. The van der Waals surface area contributed by atoms with E-state index in [2.05, 4.69) is 22.5 Å². The van der Waals surface area contributed by atoms with Crippen LogP contribution in [0, 0.1) is 0 Å². The lowest BCUT2D eigenvalue weighted by atomic mass is 10.1. The molecule has 2 aliphatic rings. The van der Waals surface area contributed by atoms with Crippen molar-refractivity contribution < 1.29 is 9.53 Å². The Hall–Kier alpha value is -1.95. The molecule has 1 fully saturated rings. The number of hydrogen-bond donors (Lipinski definition) is 1. The predicted molar refractivity (Wildman–Crippen MR) is 95.5 cm³/mol. The molecule has 1 aliphatic heterocycles. The molecular weight excluding hydrogens is 322 g/mol. The number of ether oxygens (including phenoxy) is 1. The van der Waals surface area contributed by atoms with Crippen LogP contribution in [0.5, 0.6) is 5.75 Å². The van der Waals surface area contributed by atoms with Gasteiger partial charge in [-0.3, -0.25) is 9.48 Å². The number of amides is 1. The summed E-state index contributed by atoms with van der Waals surface area (Å²) in [6.45, 7) is 0. The third-order valence-electron chi connectivity index (χ3n) is 4.65. The first-order valence-electron chi connectivity index (χ1n) is 8.40. The van der Waals surface area contributed by atoms with E-state index in [1.807, 2.05) is 25.4 Å². The van der Waals surface area contributed by atoms with Gasteiger partial charge in [-0.25, -0.2) is 0 Å². The van der Waals surface area contributed by atoms with E-state index in [9.17, 15) is 4.79 Å². The molecule has 1 N–H and O–H groups in total. The Kier molecular flexibility index (Phi) is 4.22. The van der Waals surface area contributed by atoms with Crippen molar-refractivity contribution in [3.8, 4) is 5.75 Å². The third kappa shape index (κ3) is 3.02. The van der Waals surface area contributed by atoms with Crippen LogP contribution in [-0.2, 0) is 11.8 Å². The van der Waals surface area contributed by atoms with Gasteiger partial charge in [0, 0.05) is 12.6 Å². The zero-order valence-corrected chi connectivity index (χ0v) is 14.5. The fraction of sp³-hybridized carbons (Fsp3) is 0.444. The van der Waals surface area contributed by atoms with Crippen LogP contribution in [0.4, 0.5) is 5.82 Å². The number of thioether (sulfide) groups is 1. The number of carbonyl (C=O) groups is 1. The molecule has 2 heterocycles. The highest BCUT2D eigenvalue weighted by molar-refractivity contribution is 8.00. The molecule has 0 unspecified atom stereocenters. The van der Waals surface area contributed by atoms with E-state index in [-0.39, 0.29) is 11.2 Å². The van der Waals surface area contributed by atoms with Gasteiger partial charge >= 0.3 is 0 Å². The maximum Gasteiger partial charge on any atom is 0.235 e. The number of hydrogen-bond acceptors (Lipinski definition) is 4. The molecule has 2 aromatic rings. The van der Waals surface area contributed by atoms with E-state index < -0.39 is 0 Å². The van der Waals surface area contributed by atoms with Gasteiger partial charge in [0.25, 0.3) is 0 Å². The van der Waals surface area contributed by atoms with E-state index in [0.29, 0.717) is 11.9 Å². The number of carbonyl (C=O) groups excluding carboxylic acids is 1. The third-order valence-corrected chi connectivity index (χ3v) is 5.94. The van der Waals surface area contributed by atoms with Crippen LogP contribution in [0.15, 0.2) is 30.5 Å². The van der Waals surface area contributed by atoms with E-state index >= 15 is 0 Å². The molecule has 0 radical (unpaired) electrons. The average molecular weight is 343 g/mol. The smallest absolute Gasteiger partial charge is 0.235 e. The molecule has 24 heavy (non-hydrogen) atoms. The van der Waals surface area contributed by atoms with Crippen molar-refractivity contribution in [2.45, 2.75) is 37.0 Å². The Morgan fingerprint density at radius 2 is 2.17 bits per heavy atom. The normalized spacial score (nSPS) is 21.2. The van der Waals surface area contributed by atoms with E-state index in [0.717, 1.165) is 35.5 Å². The van der Waals surface area contributed by atoms with Crippen molar-refractivity contribution in [2.75, 3.05) is 11.1 Å². The highest BCUT2D eigenvalue weighted by Gasteiger charge is 2.27. The minimum absolute atomic E-state index is 0.0192. The second kappa shape index (κ2) is 6.51. The lowest BCUT2D eigenvalue weighted by Gasteiger charge is -2.17. The molecule has 6 heteroatoms. The van der Waals surface area contributed by atoms with Crippen LogP contribution in [0.1, 0.15) is 42.1 Å². The van der Waals surface area contributed by atoms with Crippen LogP contribution in [0.2, 0.25) is 0 Å². The van der Waals surface area contributed by atoms with E-state index in [1.54, 1.807) is 16.4 Å². The van der Waals surface area contributed by atoms with Gasteiger partial charge in [-0.2, -0.15) is 5.10 Å². The highest BCUT2D eigenvalue weighted by Crippen LogP contribution is 2.42. The predicted octanol–water partition coefficient (Wildman–Crippen LogP) is 3.52. The van der Waals surface area contributed by atoms with E-state index in [1.165, 1.54) is 12.8 Å². The second-order valence-electron chi connectivity index (χ2n) is 6.41. The minimum atomic E-state index is 0.0192. The average Bonchev–Trinajstić information content (AvgIpc) is 3.16. The minimum Gasteiger partial charge on any atom is -0.490 e. The molecule has 1 saturated carbocycles. The number of aromatic nitrogens is 2. The van der Waals surface area contributed by atoms with Crippen molar-refractivity contribution in [3.05, 3.63) is 41.6 Å². The Bertz CT molecular complexity index is 752. The Morgan fingerprint density at radius 3 is 3.00 bits per heavy atom. The highest BCUT2D eigenvalue weighted by atomic mass is 32.2. The molecule has 1 aromatic heterocycles. The van der Waals surface area contributed by atoms with Gasteiger partial charge < -0.3 is 10.1 Å². The van der Waals surface area contributed by atoms with Crippen LogP contribution in [-0.4, -0.2) is 27.5 Å². The number of nitrogens with zero attached hydrogens (tertiary/aromatic N) is 2. The first kappa shape index (κ1) is 15.6. The van der Waals surface area contributed by atoms with Gasteiger partial charge in [-0.15, -0.1) is 11.8 Å². The summed E-state index contributed by atoms with van der Waals surface area (Å²) in [6.07, 6.45) is 7.01. The topological polar surface area (TPSA) is 56.2 Å². The number of rotatable bonds is 3. The largest absolute Gasteiger partial charge is 0.490 e. The quantitative estimate of drug-likeness (QED) is 0.926. The number of benzene rings is 1. The first-order chi connectivity index (χ1) is 11.7. The summed E-state index contributed by atoms with van der Waals surface area (Å²) < 4.78 is 7.87. The van der Waals surface area contributed by atoms with Crippen LogP contribution < -0.4 is 10.1 Å². The lowest BCUT2D eigenvalue weighted by Crippen LogP contribution is -2.15. The fourth-order valence-electron chi connectivity index (χ4n) is 3.44. The molecule has 1 amide bonds. The molecule has 126 valence electrons. The summed E-state index contributed by atoms with van der Waals surface area (Å²) in [5.41, 5.74) is 2.20. The van der Waals surface area contributed by atoms with Crippen molar-refractivity contribution >= 4 is 23.5 Å². The van der Waals surface area contributed by atoms with E-state index in [4.69, 9.17) is 4.74 Å². The lowest BCUT2D eigenvalue weighted by molar-refractivity contribution is -0.113. The molecule has 1 aromatic carbocycles. The maximum absolute atomic E-state index is 12.0. The summed E-state index contributed by atoms with van der Waals surface area (Å²) in [5, 5.41) is 7.35. The SMILES string of the molecule is Cn1ncc2c1NC(=O)CS[C@H]2c1cccc(OC2CCCC2)c1. The molecule has 1 aliphatic carbocycles. The van der Waals surface area contributed by atoms with Crippen LogP contribution in [0.25, 0.3) is 0 Å². The maximum atomic E-state index is 12.0. The van der Waals surface area contributed by atoms with Crippen LogP contribution in [0.3, 0.4) is 0 Å². The zero-order valence-electron chi connectivity index (χ0n) is 13.7. The standard InChI is InChI=1S/C18H21N3O2S/c1-21-18-15(10-19-21)17(24-11-16(22)20-18)12-5-4-8-14(9-12)23-13-6-2-3-7-13/h4-5,8-10,13,17H,2-3,6-7,11H2,1H3,(H,20,22)/t17-/m0/s1. The van der Waals surface area contributed by atoms with Gasteiger partial charge in [0.15, 0.2) is 0 Å². The second-order valence-corrected chi connectivity index (χ2v) is 7.50. The molecule has 0 bridgehead atoms. The summed E-state index contributed by atoms with van der Waals surface area (Å²) in [6, 6.07) is 8.28. The molecule has 0 saturated heterocycles. The Labute approximate surface area is 145 Å². The van der Waals surface area contributed by atoms with Gasteiger partial charge in [0.1, 0.15) is 11.6 Å². The van der Waals surface area contributed by atoms with Gasteiger partial charge in [-0.1, -0.05) is 12.1 Å². The number of nitrogens with one attached hydrogen (secondary N) is 1. The van der Waals surface area contributed by atoms with Crippen molar-refractivity contribution in [3.63, 3.8) is 0 Å². The molecule has 5 nitrogen and oxygen atoms in total. The van der Waals surface area contributed by atoms with Gasteiger partial charge in [0.2, 0.25) is 5.91 Å². The first-order valence-corrected chi connectivity index (χ1v) is 9.45.